The van der Waals surface area contributed by atoms with Gasteiger partial charge >= 0.3 is 0 Å². The number of hydrogen-bond acceptors (Lipinski definition) is 5. The van der Waals surface area contributed by atoms with E-state index in [2.05, 4.69) is 25.9 Å². The lowest BCUT2D eigenvalue weighted by Crippen LogP contribution is -2.38. The van der Waals surface area contributed by atoms with Crippen LogP contribution in [0.4, 0.5) is 5.82 Å². The molecule has 0 aromatic carbocycles. The minimum absolute atomic E-state index is 0.0409. The minimum atomic E-state index is -0.412. The number of anilines is 1. The minimum Gasteiger partial charge on any atom is -0.372 e. The zero-order valence-corrected chi connectivity index (χ0v) is 10.1. The summed E-state index contributed by atoms with van der Waals surface area (Å²) < 4.78 is 0. The molecule has 0 radical (unpaired) electrons. The average molecular weight is 249 g/mol. The molecule has 18 heavy (non-hydrogen) atoms. The normalized spacial score (nSPS) is 13.8. The first-order chi connectivity index (χ1) is 8.69. The summed E-state index contributed by atoms with van der Waals surface area (Å²) in [7, 11) is 1.69. The summed E-state index contributed by atoms with van der Waals surface area (Å²) >= 11 is 0. The molecule has 0 bridgehead atoms. The van der Waals surface area contributed by atoms with Crippen LogP contribution in [-0.4, -0.2) is 41.4 Å². The molecule has 1 aromatic heterocycles. The molecule has 2 rings (SSSR count). The maximum Gasteiger partial charge on any atom is 0.272 e. The van der Waals surface area contributed by atoms with Gasteiger partial charge in [-0.25, -0.2) is 4.98 Å². The first-order valence-electron chi connectivity index (χ1n) is 5.76. The van der Waals surface area contributed by atoms with Gasteiger partial charge in [0.15, 0.2) is 0 Å². The largest absolute Gasteiger partial charge is 0.372 e. The van der Waals surface area contributed by atoms with Gasteiger partial charge in [-0.15, -0.1) is 0 Å². The molecule has 0 atom stereocenters. The van der Waals surface area contributed by atoms with E-state index >= 15 is 0 Å². The Morgan fingerprint density at radius 3 is 2.83 bits per heavy atom. The van der Waals surface area contributed by atoms with E-state index in [1.54, 1.807) is 7.05 Å². The molecule has 0 saturated heterocycles. The van der Waals surface area contributed by atoms with Gasteiger partial charge in [0.05, 0.1) is 18.9 Å². The van der Waals surface area contributed by atoms with Crippen LogP contribution in [0.2, 0.25) is 0 Å². The maximum atomic E-state index is 11.7. The molecule has 0 spiro atoms. The van der Waals surface area contributed by atoms with Crippen LogP contribution in [0.25, 0.3) is 0 Å². The summed E-state index contributed by atoms with van der Waals surface area (Å²) in [5, 5.41) is 8.07. The van der Waals surface area contributed by atoms with Gasteiger partial charge < -0.3 is 16.0 Å². The highest BCUT2D eigenvalue weighted by Crippen LogP contribution is 2.18. The van der Waals surface area contributed by atoms with Crippen molar-refractivity contribution in [3.8, 4) is 0 Å². The molecule has 7 nitrogen and oxygen atoms in total. The molecule has 1 aliphatic carbocycles. The number of rotatable bonds is 5. The Labute approximate surface area is 104 Å². The van der Waals surface area contributed by atoms with Crippen molar-refractivity contribution >= 4 is 17.6 Å². The van der Waals surface area contributed by atoms with Crippen LogP contribution in [0.3, 0.4) is 0 Å². The van der Waals surface area contributed by atoms with E-state index in [4.69, 9.17) is 0 Å². The van der Waals surface area contributed by atoms with Crippen molar-refractivity contribution in [1.82, 2.24) is 20.6 Å². The van der Waals surface area contributed by atoms with Crippen molar-refractivity contribution < 1.29 is 9.59 Å². The fraction of sp³-hybridized carbons (Fsp3) is 0.455. The Bertz CT molecular complexity index is 459. The predicted molar refractivity (Wildman–Crippen MR) is 65.1 cm³/mol. The van der Waals surface area contributed by atoms with E-state index in [1.807, 2.05) is 0 Å². The summed E-state index contributed by atoms with van der Waals surface area (Å²) in [4.78, 5) is 31.0. The summed E-state index contributed by atoms with van der Waals surface area (Å²) in [6, 6.07) is 0.293. The summed E-state index contributed by atoms with van der Waals surface area (Å²) in [5.41, 5.74) is 0.182. The van der Waals surface area contributed by atoms with Crippen LogP contribution in [0.1, 0.15) is 23.3 Å². The molecule has 1 aromatic rings. The van der Waals surface area contributed by atoms with E-state index in [0.29, 0.717) is 11.9 Å². The van der Waals surface area contributed by atoms with E-state index in [9.17, 15) is 9.59 Å². The molecule has 1 aliphatic rings. The number of carbonyl (C=O) groups excluding carboxylic acids is 2. The predicted octanol–water partition coefficient (Wildman–Crippen LogP) is -0.473. The first-order valence-corrected chi connectivity index (χ1v) is 5.76. The van der Waals surface area contributed by atoms with Gasteiger partial charge in [0.25, 0.3) is 5.91 Å². The van der Waals surface area contributed by atoms with Crippen LogP contribution in [0.15, 0.2) is 12.4 Å². The molecule has 1 saturated carbocycles. The Kier molecular flexibility index (Phi) is 3.71. The van der Waals surface area contributed by atoms with E-state index in [-0.39, 0.29) is 18.1 Å². The molecule has 7 heteroatoms. The number of amides is 2. The second-order valence-electron chi connectivity index (χ2n) is 4.06. The Morgan fingerprint density at radius 2 is 2.17 bits per heavy atom. The van der Waals surface area contributed by atoms with Crippen LogP contribution in [0.5, 0.6) is 0 Å². The number of nitrogens with zero attached hydrogens (tertiary/aromatic N) is 2. The van der Waals surface area contributed by atoms with Gasteiger partial charge in [-0.1, -0.05) is 0 Å². The zero-order chi connectivity index (χ0) is 13.0. The van der Waals surface area contributed by atoms with Crippen molar-refractivity contribution in [2.75, 3.05) is 18.9 Å². The SMILES string of the molecule is CNc1cncc(C(=O)NCC(=O)NC2CC2)n1. The molecular weight excluding hydrogens is 234 g/mol. The topological polar surface area (TPSA) is 96.0 Å². The lowest BCUT2D eigenvalue weighted by atomic mass is 10.4. The summed E-state index contributed by atoms with van der Waals surface area (Å²) in [6.45, 7) is -0.0409. The molecule has 0 aliphatic heterocycles. The van der Waals surface area contributed by atoms with E-state index in [0.717, 1.165) is 12.8 Å². The number of nitrogens with one attached hydrogen (secondary N) is 3. The van der Waals surface area contributed by atoms with Crippen LogP contribution in [0, 0.1) is 0 Å². The first kappa shape index (κ1) is 12.3. The number of aromatic nitrogens is 2. The molecule has 2 amide bonds. The second-order valence-corrected chi connectivity index (χ2v) is 4.06. The zero-order valence-electron chi connectivity index (χ0n) is 10.1. The van der Waals surface area contributed by atoms with Crippen molar-refractivity contribution in [3.05, 3.63) is 18.1 Å². The number of carbonyl (C=O) groups is 2. The highest BCUT2D eigenvalue weighted by atomic mass is 16.2. The summed E-state index contributed by atoms with van der Waals surface area (Å²) in [5.74, 6) is -0.0841. The van der Waals surface area contributed by atoms with Gasteiger partial charge in [-0.3, -0.25) is 14.6 Å². The Morgan fingerprint density at radius 1 is 1.39 bits per heavy atom. The highest BCUT2D eigenvalue weighted by Gasteiger charge is 2.23. The van der Waals surface area contributed by atoms with Crippen LogP contribution >= 0.6 is 0 Å². The van der Waals surface area contributed by atoms with Gasteiger partial charge in [-0.05, 0) is 12.8 Å². The molecule has 1 fully saturated rings. The lowest BCUT2D eigenvalue weighted by Gasteiger charge is -2.06. The molecular formula is C11H15N5O2. The van der Waals surface area contributed by atoms with Gasteiger partial charge in [-0.2, -0.15) is 0 Å². The average Bonchev–Trinajstić information content (AvgIpc) is 3.20. The fourth-order valence-corrected chi connectivity index (χ4v) is 1.35. The van der Waals surface area contributed by atoms with E-state index < -0.39 is 5.91 Å². The van der Waals surface area contributed by atoms with Crippen LogP contribution in [-0.2, 0) is 4.79 Å². The Balaban J connectivity index is 1.84. The maximum absolute atomic E-state index is 11.7. The van der Waals surface area contributed by atoms with Crippen molar-refractivity contribution in [2.24, 2.45) is 0 Å². The monoisotopic (exact) mass is 249 g/mol. The standard InChI is InChI=1S/C11H15N5O2/c1-12-9-5-13-4-8(16-9)11(18)14-6-10(17)15-7-2-3-7/h4-5,7H,2-3,6H2,1H3,(H,12,16)(H,14,18)(H,15,17). The van der Waals surface area contributed by atoms with Crippen molar-refractivity contribution in [3.63, 3.8) is 0 Å². The third-order valence-corrected chi connectivity index (χ3v) is 2.48. The smallest absolute Gasteiger partial charge is 0.272 e. The summed E-state index contributed by atoms with van der Waals surface area (Å²) in [6.07, 6.45) is 4.91. The van der Waals surface area contributed by atoms with Gasteiger partial charge in [0, 0.05) is 13.1 Å². The number of hydrogen-bond donors (Lipinski definition) is 3. The van der Waals surface area contributed by atoms with E-state index in [1.165, 1.54) is 12.4 Å². The van der Waals surface area contributed by atoms with Crippen molar-refractivity contribution in [2.45, 2.75) is 18.9 Å². The molecule has 1 heterocycles. The molecule has 0 unspecified atom stereocenters. The Hall–Kier alpha value is -2.18. The lowest BCUT2D eigenvalue weighted by molar-refractivity contribution is -0.120. The van der Waals surface area contributed by atoms with Gasteiger partial charge in [0.1, 0.15) is 11.5 Å². The van der Waals surface area contributed by atoms with Crippen LogP contribution < -0.4 is 16.0 Å². The quantitative estimate of drug-likeness (QED) is 0.655. The van der Waals surface area contributed by atoms with Crippen molar-refractivity contribution in [1.29, 1.82) is 0 Å². The third-order valence-electron chi connectivity index (χ3n) is 2.48. The highest BCUT2D eigenvalue weighted by molar-refractivity contribution is 5.94. The third kappa shape index (κ3) is 3.41. The van der Waals surface area contributed by atoms with Gasteiger partial charge in [0.2, 0.25) is 5.91 Å². The second kappa shape index (κ2) is 5.44. The molecule has 96 valence electrons. The fourth-order valence-electron chi connectivity index (χ4n) is 1.35. The molecule has 3 N–H and O–H groups in total.